The molecular weight excluding hydrogens is 272 g/mol. The van der Waals surface area contributed by atoms with E-state index in [1.54, 1.807) is 7.05 Å². The molecule has 0 unspecified atom stereocenters. The van der Waals surface area contributed by atoms with Gasteiger partial charge in [-0.3, -0.25) is 9.71 Å². The van der Waals surface area contributed by atoms with Crippen molar-refractivity contribution in [3.05, 3.63) is 28.5 Å². The molecule has 0 aliphatic rings. The molecule has 0 atom stereocenters. The highest BCUT2D eigenvalue weighted by Gasteiger charge is 1.99. The average molecular weight is 289 g/mol. The second-order valence-corrected chi connectivity index (χ2v) is 4.96. The Kier molecular flexibility index (Phi) is 6.85. The Hall–Kier alpha value is -0.980. The van der Waals surface area contributed by atoms with Crippen LogP contribution in [0.1, 0.15) is 11.4 Å². The van der Waals surface area contributed by atoms with E-state index in [1.807, 2.05) is 19.1 Å². The van der Waals surface area contributed by atoms with E-state index >= 15 is 0 Å². The van der Waals surface area contributed by atoms with Crippen LogP contribution in [-0.2, 0) is 6.54 Å². The third-order valence-electron chi connectivity index (χ3n) is 2.05. The third-order valence-corrected chi connectivity index (χ3v) is 3.01. The number of hydrogen-bond acceptors (Lipinski definition) is 4. The van der Waals surface area contributed by atoms with Crippen molar-refractivity contribution in [1.29, 1.82) is 0 Å². The number of urea groups is 1. The summed E-state index contributed by atoms with van der Waals surface area (Å²) in [5, 5.41) is 6.42. The molecule has 7 heteroatoms. The fourth-order valence-corrected chi connectivity index (χ4v) is 2.15. The minimum Gasteiger partial charge on any atom is -0.341 e. The summed E-state index contributed by atoms with van der Waals surface area (Å²) in [6.45, 7) is 3.36. The Balaban J connectivity index is 2.16. The Morgan fingerprint density at radius 3 is 2.94 bits per heavy atom. The fraction of sp³-hybridized carbons (Fsp3) is 0.455. The first-order chi connectivity index (χ1) is 8.61. The van der Waals surface area contributed by atoms with Gasteiger partial charge in [-0.15, -0.1) is 0 Å². The van der Waals surface area contributed by atoms with Crippen molar-refractivity contribution >= 4 is 29.6 Å². The van der Waals surface area contributed by atoms with Crippen molar-refractivity contribution in [2.45, 2.75) is 13.5 Å². The van der Waals surface area contributed by atoms with Crippen molar-refractivity contribution in [2.75, 3.05) is 19.3 Å². The summed E-state index contributed by atoms with van der Waals surface area (Å²) in [5.74, 6) is 0.785. The Morgan fingerprint density at radius 2 is 2.28 bits per heavy atom. The summed E-state index contributed by atoms with van der Waals surface area (Å²) in [7, 11) is 1.58. The monoisotopic (exact) mass is 288 g/mol. The van der Waals surface area contributed by atoms with E-state index in [0.29, 0.717) is 11.6 Å². The normalized spacial score (nSPS) is 10.2. The van der Waals surface area contributed by atoms with Crippen molar-refractivity contribution in [2.24, 2.45) is 0 Å². The topological polar surface area (TPSA) is 66.1 Å². The van der Waals surface area contributed by atoms with Gasteiger partial charge in [0.25, 0.3) is 0 Å². The maximum atomic E-state index is 10.9. The van der Waals surface area contributed by atoms with Gasteiger partial charge >= 0.3 is 6.03 Å². The van der Waals surface area contributed by atoms with Crippen LogP contribution < -0.4 is 15.4 Å². The lowest BCUT2D eigenvalue weighted by atomic mass is 10.3. The number of nitrogens with one attached hydrogen (secondary N) is 3. The molecule has 0 saturated carbocycles. The van der Waals surface area contributed by atoms with Crippen LogP contribution in [-0.4, -0.2) is 30.4 Å². The molecule has 1 rings (SSSR count). The quantitative estimate of drug-likeness (QED) is 0.551. The predicted octanol–water partition coefficient (Wildman–Crippen LogP) is 1.71. The molecule has 0 fully saturated rings. The second kappa shape index (κ2) is 8.18. The summed E-state index contributed by atoms with van der Waals surface area (Å²) in [6, 6.07) is 3.48. The van der Waals surface area contributed by atoms with Crippen LogP contribution >= 0.6 is 23.5 Å². The Labute approximate surface area is 116 Å². The Morgan fingerprint density at radius 1 is 1.50 bits per heavy atom. The highest BCUT2D eigenvalue weighted by atomic mass is 35.5. The summed E-state index contributed by atoms with van der Waals surface area (Å²) >= 11 is 7.29. The van der Waals surface area contributed by atoms with Crippen molar-refractivity contribution < 1.29 is 4.79 Å². The minimum absolute atomic E-state index is 0.188. The zero-order valence-corrected chi connectivity index (χ0v) is 12.0. The lowest BCUT2D eigenvalue weighted by Gasteiger charge is -2.06. The van der Waals surface area contributed by atoms with Crippen LogP contribution in [0.5, 0.6) is 0 Å². The number of pyridine rings is 1. The van der Waals surface area contributed by atoms with Crippen LogP contribution in [0.2, 0.25) is 5.02 Å². The summed E-state index contributed by atoms with van der Waals surface area (Å²) in [6.07, 6.45) is 0. The molecule has 0 aliphatic heterocycles. The molecule has 0 radical (unpaired) electrons. The predicted molar refractivity (Wildman–Crippen MR) is 75.7 cm³/mol. The van der Waals surface area contributed by atoms with Gasteiger partial charge in [0.05, 0.1) is 5.69 Å². The maximum absolute atomic E-state index is 10.9. The van der Waals surface area contributed by atoms with Gasteiger partial charge in [0.1, 0.15) is 0 Å². The average Bonchev–Trinajstić information content (AvgIpc) is 2.32. The highest BCUT2D eigenvalue weighted by Crippen LogP contribution is 2.10. The highest BCUT2D eigenvalue weighted by molar-refractivity contribution is 7.97. The van der Waals surface area contributed by atoms with Crippen molar-refractivity contribution in [3.8, 4) is 0 Å². The molecule has 0 bridgehead atoms. The SMILES string of the molecule is CNC(=O)NSCCNCc1cc(Cl)cc(C)n1. The number of amides is 2. The van der Waals surface area contributed by atoms with Gasteiger partial charge in [-0.25, -0.2) is 4.79 Å². The molecule has 0 saturated heterocycles. The van der Waals surface area contributed by atoms with Crippen molar-refractivity contribution in [1.82, 2.24) is 20.3 Å². The van der Waals surface area contributed by atoms with E-state index in [1.165, 1.54) is 11.9 Å². The second-order valence-electron chi connectivity index (χ2n) is 3.62. The molecule has 2 amide bonds. The number of aryl methyl sites for hydroxylation is 1. The van der Waals surface area contributed by atoms with Gasteiger partial charge in [-0.05, 0) is 31.0 Å². The molecule has 5 nitrogen and oxygen atoms in total. The number of halogens is 1. The third kappa shape index (κ3) is 6.09. The molecule has 0 aliphatic carbocycles. The van der Waals surface area contributed by atoms with E-state index < -0.39 is 0 Å². The van der Waals surface area contributed by atoms with Crippen LogP contribution in [0.3, 0.4) is 0 Å². The molecule has 1 heterocycles. The van der Waals surface area contributed by atoms with E-state index in [4.69, 9.17) is 11.6 Å². The molecule has 0 aromatic carbocycles. The number of hydrogen-bond donors (Lipinski definition) is 3. The largest absolute Gasteiger partial charge is 0.341 e. The standard InChI is InChI=1S/C11H17ClN4OS/c1-8-5-9(12)6-10(15-8)7-14-3-4-18-16-11(17)13-2/h5-6,14H,3-4,7H2,1-2H3,(H2,13,16,17). The molecule has 100 valence electrons. The minimum atomic E-state index is -0.188. The smallest absolute Gasteiger partial charge is 0.324 e. The van der Waals surface area contributed by atoms with Crippen LogP contribution in [0.15, 0.2) is 12.1 Å². The number of carbonyl (C=O) groups excluding carboxylic acids is 1. The first kappa shape index (κ1) is 15.1. The first-order valence-corrected chi connectivity index (χ1v) is 6.91. The van der Waals surface area contributed by atoms with E-state index in [0.717, 1.165) is 23.7 Å². The van der Waals surface area contributed by atoms with Gasteiger partial charge in [0.15, 0.2) is 0 Å². The zero-order valence-electron chi connectivity index (χ0n) is 10.4. The van der Waals surface area contributed by atoms with Crippen molar-refractivity contribution in [3.63, 3.8) is 0 Å². The number of carbonyl (C=O) groups is 1. The van der Waals surface area contributed by atoms with Gasteiger partial charge in [0.2, 0.25) is 0 Å². The molecule has 1 aromatic rings. The summed E-state index contributed by atoms with van der Waals surface area (Å²) in [4.78, 5) is 15.2. The lowest BCUT2D eigenvalue weighted by Crippen LogP contribution is -2.29. The molecule has 3 N–H and O–H groups in total. The molecule has 1 aromatic heterocycles. The number of nitrogens with zero attached hydrogens (tertiary/aromatic N) is 1. The maximum Gasteiger partial charge on any atom is 0.324 e. The van der Waals surface area contributed by atoms with Crippen LogP contribution in [0, 0.1) is 6.92 Å². The van der Waals surface area contributed by atoms with Gasteiger partial charge in [0, 0.05) is 36.6 Å². The van der Waals surface area contributed by atoms with Gasteiger partial charge in [-0.1, -0.05) is 11.6 Å². The lowest BCUT2D eigenvalue weighted by molar-refractivity contribution is 0.248. The van der Waals surface area contributed by atoms with E-state index in [9.17, 15) is 4.79 Å². The van der Waals surface area contributed by atoms with E-state index in [2.05, 4.69) is 20.3 Å². The van der Waals surface area contributed by atoms with E-state index in [-0.39, 0.29) is 6.03 Å². The summed E-state index contributed by atoms with van der Waals surface area (Å²) < 4.78 is 2.64. The first-order valence-electron chi connectivity index (χ1n) is 5.55. The molecular formula is C11H17ClN4OS. The number of rotatable bonds is 6. The van der Waals surface area contributed by atoms with Gasteiger partial charge in [-0.2, -0.15) is 0 Å². The van der Waals surface area contributed by atoms with Crippen LogP contribution in [0.25, 0.3) is 0 Å². The molecule has 18 heavy (non-hydrogen) atoms. The van der Waals surface area contributed by atoms with Crippen LogP contribution in [0.4, 0.5) is 4.79 Å². The number of aromatic nitrogens is 1. The Bertz CT molecular complexity index is 382. The molecule has 0 spiro atoms. The van der Waals surface area contributed by atoms with Gasteiger partial charge < -0.3 is 10.6 Å². The zero-order chi connectivity index (χ0) is 13.4. The summed E-state index contributed by atoms with van der Waals surface area (Å²) in [5.41, 5.74) is 1.83. The fourth-order valence-electron chi connectivity index (χ4n) is 1.29.